The summed E-state index contributed by atoms with van der Waals surface area (Å²) in [6, 6.07) is 14.5. The lowest BCUT2D eigenvalue weighted by Crippen LogP contribution is -2.48. The van der Waals surface area contributed by atoms with Crippen molar-refractivity contribution >= 4 is 35.2 Å². The number of rotatable bonds is 5. The Kier molecular flexibility index (Phi) is 7.11. The summed E-state index contributed by atoms with van der Waals surface area (Å²) < 4.78 is 0. The van der Waals surface area contributed by atoms with Crippen molar-refractivity contribution in [2.24, 2.45) is 0 Å². The van der Waals surface area contributed by atoms with E-state index in [1.165, 1.54) is 5.56 Å². The van der Waals surface area contributed by atoms with E-state index in [0.717, 1.165) is 5.56 Å². The van der Waals surface area contributed by atoms with E-state index in [2.05, 4.69) is 38.4 Å². The van der Waals surface area contributed by atoms with Crippen LogP contribution in [0, 0.1) is 0 Å². The Bertz CT molecular complexity index is 911. The van der Waals surface area contributed by atoms with Gasteiger partial charge in [-0.3, -0.25) is 14.4 Å². The van der Waals surface area contributed by atoms with E-state index in [9.17, 15) is 9.59 Å². The second kappa shape index (κ2) is 9.41. The fraction of sp³-hybridized carbons (Fsp3) is 0.391. The van der Waals surface area contributed by atoms with Gasteiger partial charge in [-0.15, -0.1) is 11.8 Å². The minimum Gasteiger partial charge on any atom is -0.310 e. The quantitative estimate of drug-likeness (QED) is 0.659. The zero-order valence-corrected chi connectivity index (χ0v) is 19.2. The first-order valence-electron chi connectivity index (χ1n) is 9.95. The van der Waals surface area contributed by atoms with Crippen molar-refractivity contribution in [3.8, 4) is 0 Å². The summed E-state index contributed by atoms with van der Waals surface area (Å²) in [4.78, 5) is 32.9. The largest absolute Gasteiger partial charge is 0.310 e. The highest BCUT2D eigenvalue weighted by Gasteiger charge is 2.43. The summed E-state index contributed by atoms with van der Waals surface area (Å²) in [5.41, 5.74) is 5.05. The summed E-state index contributed by atoms with van der Waals surface area (Å²) in [7, 11) is 0. The molecule has 1 saturated heterocycles. The summed E-state index contributed by atoms with van der Waals surface area (Å²) in [5, 5.41) is 0.0744. The summed E-state index contributed by atoms with van der Waals surface area (Å²) >= 11 is 7.85. The summed E-state index contributed by atoms with van der Waals surface area (Å²) in [5.74, 6) is -0.133. The molecule has 2 amide bonds. The van der Waals surface area contributed by atoms with E-state index < -0.39 is 6.04 Å². The number of nitrogens with one attached hydrogen (secondary N) is 1. The highest BCUT2D eigenvalue weighted by Crippen LogP contribution is 2.43. The molecule has 1 fully saturated rings. The van der Waals surface area contributed by atoms with Crippen molar-refractivity contribution in [1.82, 2.24) is 10.4 Å². The number of nitrogens with zero attached hydrogens (tertiary/aromatic N) is 1. The van der Waals surface area contributed by atoms with Crippen molar-refractivity contribution in [1.29, 1.82) is 0 Å². The van der Waals surface area contributed by atoms with E-state index in [4.69, 9.17) is 16.4 Å². The first kappa shape index (κ1) is 22.7. The molecule has 5 nitrogen and oxygen atoms in total. The molecule has 1 aliphatic rings. The van der Waals surface area contributed by atoms with Crippen LogP contribution in [0.4, 0.5) is 0 Å². The van der Waals surface area contributed by atoms with Crippen LogP contribution < -0.4 is 5.48 Å². The molecule has 2 atom stereocenters. The molecule has 1 heterocycles. The molecule has 0 bridgehead atoms. The maximum Gasteiger partial charge on any atom is 0.267 e. The number of hydrogen-bond acceptors (Lipinski definition) is 4. The molecule has 7 heteroatoms. The van der Waals surface area contributed by atoms with Crippen LogP contribution in [0.5, 0.6) is 0 Å². The second-order valence-electron chi connectivity index (χ2n) is 8.17. The second-order valence-corrected chi connectivity index (χ2v) is 9.69. The minimum absolute atomic E-state index is 0.0360. The van der Waals surface area contributed by atoms with Crippen molar-refractivity contribution in [3.63, 3.8) is 0 Å². The van der Waals surface area contributed by atoms with Gasteiger partial charge in [-0.1, -0.05) is 68.8 Å². The predicted molar refractivity (Wildman–Crippen MR) is 122 cm³/mol. The van der Waals surface area contributed by atoms with Crippen molar-refractivity contribution in [2.75, 3.05) is 12.4 Å². The van der Waals surface area contributed by atoms with Crippen LogP contribution in [-0.2, 0) is 15.0 Å². The molecule has 0 radical (unpaired) electrons. The lowest BCUT2D eigenvalue weighted by atomic mass is 9.86. The highest BCUT2D eigenvalue weighted by atomic mass is 35.5. The maximum atomic E-state index is 13.5. The third-order valence-electron chi connectivity index (χ3n) is 5.02. The van der Waals surface area contributed by atoms with Crippen LogP contribution >= 0.6 is 23.4 Å². The fourth-order valence-corrected chi connectivity index (χ4v) is 4.99. The van der Waals surface area contributed by atoms with Crippen LogP contribution in [0.3, 0.4) is 0 Å². The average Bonchev–Trinajstić information content (AvgIpc) is 3.16. The Morgan fingerprint density at radius 1 is 1.17 bits per heavy atom. The Balaban J connectivity index is 1.96. The molecule has 0 aromatic heterocycles. The normalized spacial score (nSPS) is 19.0. The van der Waals surface area contributed by atoms with Gasteiger partial charge in [-0.25, -0.2) is 5.48 Å². The van der Waals surface area contributed by atoms with Gasteiger partial charge in [-0.2, -0.15) is 0 Å². The van der Waals surface area contributed by atoms with Crippen LogP contribution in [0.15, 0.2) is 48.5 Å². The molecule has 2 aromatic carbocycles. The van der Waals surface area contributed by atoms with Crippen LogP contribution in [0.25, 0.3) is 0 Å². The lowest BCUT2D eigenvalue weighted by molar-refractivity contribution is -0.137. The number of carbonyl (C=O) groups excluding carboxylic acids is 2. The number of hydrogen-bond donors (Lipinski definition) is 1. The zero-order chi connectivity index (χ0) is 21.9. The molecule has 30 heavy (non-hydrogen) atoms. The van der Waals surface area contributed by atoms with Gasteiger partial charge in [0, 0.05) is 5.75 Å². The molecule has 1 N–H and O–H groups in total. The molecule has 2 aromatic rings. The van der Waals surface area contributed by atoms with Gasteiger partial charge < -0.3 is 4.90 Å². The number of amides is 2. The average molecular weight is 447 g/mol. The highest BCUT2D eigenvalue weighted by molar-refractivity contribution is 7.99. The lowest BCUT2D eigenvalue weighted by Gasteiger charge is -2.29. The van der Waals surface area contributed by atoms with E-state index in [1.54, 1.807) is 47.9 Å². The SMILES string of the molecule is CCONC(=O)C1CSC(c2ccc(C(C)(C)C)cc2)N1C(=O)c1ccccc1Cl. The first-order chi connectivity index (χ1) is 14.2. The van der Waals surface area contributed by atoms with Crippen molar-refractivity contribution in [3.05, 3.63) is 70.2 Å². The van der Waals surface area contributed by atoms with E-state index in [1.807, 2.05) is 12.1 Å². The number of halogens is 1. The number of thioether (sulfide) groups is 1. The number of carbonyl (C=O) groups is 2. The molecule has 0 saturated carbocycles. The van der Waals surface area contributed by atoms with Gasteiger partial charge in [0.05, 0.1) is 17.2 Å². The Morgan fingerprint density at radius 2 is 1.83 bits per heavy atom. The van der Waals surface area contributed by atoms with Crippen LogP contribution in [0.2, 0.25) is 5.02 Å². The van der Waals surface area contributed by atoms with Gasteiger partial charge in [0.2, 0.25) is 0 Å². The molecular weight excluding hydrogens is 420 g/mol. The van der Waals surface area contributed by atoms with Crippen LogP contribution in [-0.4, -0.2) is 35.1 Å². The van der Waals surface area contributed by atoms with Gasteiger partial charge in [0.15, 0.2) is 0 Å². The third-order valence-corrected chi connectivity index (χ3v) is 6.67. The van der Waals surface area contributed by atoms with Gasteiger partial charge in [0.25, 0.3) is 11.8 Å². The Hall–Kier alpha value is -2.02. The van der Waals surface area contributed by atoms with Gasteiger partial charge in [0.1, 0.15) is 11.4 Å². The van der Waals surface area contributed by atoms with Crippen molar-refractivity contribution < 1.29 is 14.4 Å². The standard InChI is InChI=1S/C23H27ClN2O3S/c1-5-29-25-20(27)19-14-30-22(15-10-12-16(13-11-15)23(2,3)4)26(19)21(28)17-8-6-7-9-18(17)24/h6-13,19,22H,5,14H2,1-4H3,(H,25,27). The molecule has 0 aliphatic carbocycles. The van der Waals surface area contributed by atoms with E-state index >= 15 is 0 Å². The number of hydroxylamine groups is 1. The Labute approximate surface area is 187 Å². The maximum absolute atomic E-state index is 13.5. The molecule has 3 rings (SSSR count). The molecule has 160 valence electrons. The van der Waals surface area contributed by atoms with Gasteiger partial charge in [-0.05, 0) is 35.6 Å². The topological polar surface area (TPSA) is 58.6 Å². The molecule has 2 unspecified atom stereocenters. The summed E-state index contributed by atoms with van der Waals surface area (Å²) in [6.07, 6.45) is 0. The summed E-state index contributed by atoms with van der Waals surface area (Å²) in [6.45, 7) is 8.62. The number of benzene rings is 2. The molecular formula is C23H27ClN2O3S. The smallest absolute Gasteiger partial charge is 0.267 e. The van der Waals surface area contributed by atoms with E-state index in [0.29, 0.717) is 22.9 Å². The zero-order valence-electron chi connectivity index (χ0n) is 17.6. The molecule has 1 aliphatic heterocycles. The Morgan fingerprint density at radius 3 is 2.43 bits per heavy atom. The monoisotopic (exact) mass is 446 g/mol. The van der Waals surface area contributed by atoms with Gasteiger partial charge >= 0.3 is 0 Å². The minimum atomic E-state index is -0.655. The van der Waals surface area contributed by atoms with Crippen LogP contribution in [0.1, 0.15) is 54.6 Å². The first-order valence-corrected chi connectivity index (χ1v) is 11.4. The fourth-order valence-electron chi connectivity index (χ4n) is 3.35. The molecule has 0 spiro atoms. The third kappa shape index (κ3) is 4.82. The predicted octanol–water partition coefficient (Wildman–Crippen LogP) is 4.96. The van der Waals surface area contributed by atoms with E-state index in [-0.39, 0.29) is 22.6 Å². The van der Waals surface area contributed by atoms with Crippen molar-refractivity contribution in [2.45, 2.75) is 44.5 Å².